The standard InChI is InChI=1S/C14H14FN3O3/c1-16-13(19)12-14(18-6-5-17-12)21-8-9-7-10(20-2)3-4-11(9)15/h3-7H,8H2,1-2H3,(H,16,19). The minimum absolute atomic E-state index is 0.0408. The molecule has 6 nitrogen and oxygen atoms in total. The molecular formula is C14H14FN3O3. The smallest absolute Gasteiger partial charge is 0.275 e. The molecule has 0 fully saturated rings. The number of ether oxygens (including phenoxy) is 2. The highest BCUT2D eigenvalue weighted by Gasteiger charge is 2.15. The van der Waals surface area contributed by atoms with Crippen LogP contribution in [0.3, 0.4) is 0 Å². The summed E-state index contributed by atoms with van der Waals surface area (Å²) in [6.07, 6.45) is 2.77. The molecule has 1 amide bonds. The van der Waals surface area contributed by atoms with Crippen LogP contribution in [0.1, 0.15) is 16.1 Å². The summed E-state index contributed by atoms with van der Waals surface area (Å²) in [6.45, 7) is -0.0915. The average molecular weight is 291 g/mol. The fraction of sp³-hybridized carbons (Fsp3) is 0.214. The molecule has 1 aromatic heterocycles. The third-order valence-electron chi connectivity index (χ3n) is 2.72. The molecule has 1 N–H and O–H groups in total. The summed E-state index contributed by atoms with van der Waals surface area (Å²) in [4.78, 5) is 19.5. The normalized spacial score (nSPS) is 10.0. The van der Waals surface area contributed by atoms with Crippen molar-refractivity contribution in [3.05, 3.63) is 47.7 Å². The zero-order valence-corrected chi connectivity index (χ0v) is 11.6. The Morgan fingerprint density at radius 1 is 1.33 bits per heavy atom. The molecule has 0 aliphatic heterocycles. The molecule has 2 aromatic rings. The average Bonchev–Trinajstić information content (AvgIpc) is 2.53. The molecular weight excluding hydrogens is 277 g/mol. The zero-order valence-electron chi connectivity index (χ0n) is 11.6. The molecule has 0 atom stereocenters. The van der Waals surface area contributed by atoms with Crippen LogP contribution in [-0.4, -0.2) is 30.0 Å². The molecule has 2 rings (SSSR count). The number of rotatable bonds is 5. The van der Waals surface area contributed by atoms with Crippen LogP contribution in [0.2, 0.25) is 0 Å². The highest BCUT2D eigenvalue weighted by atomic mass is 19.1. The van der Waals surface area contributed by atoms with Crippen molar-refractivity contribution in [2.75, 3.05) is 14.2 Å². The Labute approximate surface area is 120 Å². The fourth-order valence-electron chi connectivity index (χ4n) is 1.64. The minimum Gasteiger partial charge on any atom is -0.497 e. The second-order valence-electron chi connectivity index (χ2n) is 4.04. The van der Waals surface area contributed by atoms with Crippen molar-refractivity contribution < 1.29 is 18.7 Å². The Kier molecular flexibility index (Phi) is 4.65. The van der Waals surface area contributed by atoms with Crippen molar-refractivity contribution in [1.82, 2.24) is 15.3 Å². The Morgan fingerprint density at radius 3 is 2.81 bits per heavy atom. The minimum atomic E-state index is -0.429. The van der Waals surface area contributed by atoms with Crippen LogP contribution in [-0.2, 0) is 6.61 Å². The summed E-state index contributed by atoms with van der Waals surface area (Å²) in [5.41, 5.74) is 0.339. The van der Waals surface area contributed by atoms with Crippen LogP contribution in [0.25, 0.3) is 0 Å². The molecule has 21 heavy (non-hydrogen) atoms. The van der Waals surface area contributed by atoms with Crippen LogP contribution in [0.5, 0.6) is 11.6 Å². The van der Waals surface area contributed by atoms with Crippen molar-refractivity contribution in [2.24, 2.45) is 0 Å². The van der Waals surface area contributed by atoms with E-state index >= 15 is 0 Å². The van der Waals surface area contributed by atoms with Gasteiger partial charge in [0.25, 0.3) is 5.91 Å². The van der Waals surface area contributed by atoms with E-state index in [2.05, 4.69) is 15.3 Å². The van der Waals surface area contributed by atoms with Crippen LogP contribution in [0, 0.1) is 5.82 Å². The Balaban J connectivity index is 2.19. The highest BCUT2D eigenvalue weighted by Crippen LogP contribution is 2.19. The molecule has 7 heteroatoms. The molecule has 0 saturated carbocycles. The number of nitrogens with zero attached hydrogens (tertiary/aromatic N) is 2. The van der Waals surface area contributed by atoms with Gasteiger partial charge in [-0.2, -0.15) is 0 Å². The van der Waals surface area contributed by atoms with Crippen LogP contribution in [0.4, 0.5) is 4.39 Å². The Hall–Kier alpha value is -2.70. The van der Waals surface area contributed by atoms with E-state index in [0.29, 0.717) is 11.3 Å². The summed E-state index contributed by atoms with van der Waals surface area (Å²) in [5.74, 6) is -0.301. The molecule has 0 radical (unpaired) electrons. The first-order valence-electron chi connectivity index (χ1n) is 6.14. The number of carbonyl (C=O) groups excluding carboxylic acids is 1. The second kappa shape index (κ2) is 6.65. The summed E-state index contributed by atoms with van der Waals surface area (Å²) in [7, 11) is 2.97. The van der Waals surface area contributed by atoms with E-state index in [9.17, 15) is 9.18 Å². The van der Waals surface area contributed by atoms with Gasteiger partial charge >= 0.3 is 0 Å². The quantitative estimate of drug-likeness (QED) is 0.905. The van der Waals surface area contributed by atoms with Crippen molar-refractivity contribution in [3.8, 4) is 11.6 Å². The van der Waals surface area contributed by atoms with Crippen LogP contribution < -0.4 is 14.8 Å². The molecule has 0 unspecified atom stereocenters. The lowest BCUT2D eigenvalue weighted by Gasteiger charge is -2.10. The summed E-state index contributed by atoms with van der Waals surface area (Å²) >= 11 is 0. The van der Waals surface area contributed by atoms with Gasteiger partial charge in [-0.15, -0.1) is 0 Å². The lowest BCUT2D eigenvalue weighted by Crippen LogP contribution is -2.20. The van der Waals surface area contributed by atoms with Crippen LogP contribution in [0.15, 0.2) is 30.6 Å². The number of carbonyl (C=O) groups is 1. The fourth-order valence-corrected chi connectivity index (χ4v) is 1.64. The Morgan fingerprint density at radius 2 is 2.10 bits per heavy atom. The van der Waals surface area contributed by atoms with Crippen molar-refractivity contribution in [3.63, 3.8) is 0 Å². The number of nitrogens with one attached hydrogen (secondary N) is 1. The molecule has 0 bridgehead atoms. The van der Waals surface area contributed by atoms with E-state index in [1.807, 2.05) is 0 Å². The molecule has 0 aliphatic rings. The maximum Gasteiger partial charge on any atom is 0.275 e. The van der Waals surface area contributed by atoms with E-state index < -0.39 is 11.7 Å². The monoisotopic (exact) mass is 291 g/mol. The van der Waals surface area contributed by atoms with Gasteiger partial charge in [0, 0.05) is 25.0 Å². The van der Waals surface area contributed by atoms with Crippen molar-refractivity contribution in [1.29, 1.82) is 0 Å². The van der Waals surface area contributed by atoms with Gasteiger partial charge < -0.3 is 14.8 Å². The predicted molar refractivity (Wildman–Crippen MR) is 72.7 cm³/mol. The van der Waals surface area contributed by atoms with Crippen LogP contribution >= 0.6 is 0 Å². The van der Waals surface area contributed by atoms with Crippen molar-refractivity contribution in [2.45, 2.75) is 6.61 Å². The lowest BCUT2D eigenvalue weighted by molar-refractivity contribution is 0.0952. The molecule has 110 valence electrons. The van der Waals surface area contributed by atoms with E-state index in [-0.39, 0.29) is 18.2 Å². The third kappa shape index (κ3) is 3.44. The molecule has 1 heterocycles. The highest BCUT2D eigenvalue weighted by molar-refractivity contribution is 5.94. The first-order valence-corrected chi connectivity index (χ1v) is 6.14. The summed E-state index contributed by atoms with van der Waals surface area (Å²) in [5, 5.41) is 2.43. The van der Waals surface area contributed by atoms with Gasteiger partial charge in [-0.3, -0.25) is 4.79 Å². The van der Waals surface area contributed by atoms with Gasteiger partial charge in [-0.25, -0.2) is 14.4 Å². The van der Waals surface area contributed by atoms with E-state index in [1.165, 1.54) is 44.8 Å². The lowest BCUT2D eigenvalue weighted by atomic mass is 10.2. The number of amides is 1. The number of benzene rings is 1. The molecule has 0 saturated heterocycles. The van der Waals surface area contributed by atoms with Gasteiger partial charge in [0.2, 0.25) is 5.88 Å². The van der Waals surface area contributed by atoms with E-state index in [0.717, 1.165) is 0 Å². The summed E-state index contributed by atoms with van der Waals surface area (Å²) < 4.78 is 24.1. The predicted octanol–water partition coefficient (Wildman–Crippen LogP) is 1.56. The maximum atomic E-state index is 13.7. The first-order chi connectivity index (χ1) is 10.2. The second-order valence-corrected chi connectivity index (χ2v) is 4.04. The number of halogens is 1. The van der Waals surface area contributed by atoms with Gasteiger partial charge in [0.1, 0.15) is 18.2 Å². The number of methoxy groups -OCH3 is 1. The largest absolute Gasteiger partial charge is 0.497 e. The topological polar surface area (TPSA) is 73.3 Å². The van der Waals surface area contributed by atoms with E-state index in [1.54, 1.807) is 0 Å². The number of aromatic nitrogens is 2. The Bertz CT molecular complexity index is 649. The van der Waals surface area contributed by atoms with E-state index in [4.69, 9.17) is 9.47 Å². The van der Waals surface area contributed by atoms with Crippen molar-refractivity contribution >= 4 is 5.91 Å². The maximum absolute atomic E-state index is 13.7. The first kappa shape index (κ1) is 14.7. The van der Waals surface area contributed by atoms with Gasteiger partial charge in [-0.05, 0) is 18.2 Å². The zero-order chi connectivity index (χ0) is 15.2. The number of hydrogen-bond acceptors (Lipinski definition) is 5. The summed E-state index contributed by atoms with van der Waals surface area (Å²) in [6, 6.07) is 4.32. The molecule has 0 aliphatic carbocycles. The van der Waals surface area contributed by atoms with Gasteiger partial charge in [0.15, 0.2) is 5.69 Å². The molecule has 1 aromatic carbocycles. The number of hydrogen-bond donors (Lipinski definition) is 1. The van der Waals surface area contributed by atoms with Gasteiger partial charge in [-0.1, -0.05) is 0 Å². The molecule has 0 spiro atoms. The third-order valence-corrected chi connectivity index (χ3v) is 2.72. The SMILES string of the molecule is CNC(=O)c1nccnc1OCc1cc(OC)ccc1F. The van der Waals surface area contributed by atoms with Gasteiger partial charge in [0.05, 0.1) is 7.11 Å².